The Hall–Kier alpha value is -2.45. The Labute approximate surface area is 158 Å². The summed E-state index contributed by atoms with van der Waals surface area (Å²) in [6.07, 6.45) is 0. The van der Waals surface area contributed by atoms with Crippen LogP contribution in [0.3, 0.4) is 0 Å². The van der Waals surface area contributed by atoms with Gasteiger partial charge < -0.3 is 4.74 Å². The van der Waals surface area contributed by atoms with Crippen LogP contribution < -0.4 is 15.0 Å². The molecular weight excluding hydrogens is 371 g/mol. The number of sulfonamides is 1. The van der Waals surface area contributed by atoms with Crippen LogP contribution >= 0.6 is 0 Å². The van der Waals surface area contributed by atoms with Gasteiger partial charge >= 0.3 is 0 Å². The molecule has 0 fully saturated rings. The molecule has 0 unspecified atom stereocenters. The van der Waals surface area contributed by atoms with Crippen molar-refractivity contribution in [2.75, 3.05) is 6.61 Å². The van der Waals surface area contributed by atoms with Crippen molar-refractivity contribution >= 4 is 15.9 Å². The summed E-state index contributed by atoms with van der Waals surface area (Å²) in [4.78, 5) is 14.1. The van der Waals surface area contributed by atoms with Gasteiger partial charge in [-0.2, -0.15) is 0 Å². The van der Waals surface area contributed by atoms with E-state index in [1.165, 1.54) is 18.2 Å². The smallest absolute Gasteiger partial charge is 0.272 e. The van der Waals surface area contributed by atoms with Crippen molar-refractivity contribution in [1.29, 1.82) is 0 Å². The fourth-order valence-electron chi connectivity index (χ4n) is 2.78. The van der Waals surface area contributed by atoms with Crippen LogP contribution in [0.1, 0.15) is 27.8 Å². The first kappa shape index (κ1) is 20.9. The lowest BCUT2D eigenvalue weighted by Gasteiger charge is -2.19. The summed E-state index contributed by atoms with van der Waals surface area (Å²) < 4.78 is 43.9. The lowest BCUT2D eigenvalue weighted by molar-refractivity contribution is -0.123. The maximum atomic E-state index is 13.5. The highest BCUT2D eigenvalue weighted by Gasteiger charge is 2.24. The van der Waals surface area contributed by atoms with E-state index in [0.29, 0.717) is 11.1 Å². The van der Waals surface area contributed by atoms with Gasteiger partial charge in [-0.1, -0.05) is 12.1 Å². The summed E-state index contributed by atoms with van der Waals surface area (Å²) >= 11 is 0. The molecule has 2 aromatic carbocycles. The molecule has 0 spiro atoms. The van der Waals surface area contributed by atoms with Crippen molar-refractivity contribution in [3.05, 3.63) is 57.9 Å². The minimum absolute atomic E-state index is 0.0908. The molecule has 0 radical (unpaired) electrons. The van der Waals surface area contributed by atoms with Gasteiger partial charge in [0.15, 0.2) is 18.2 Å². The number of hydrazine groups is 1. The Morgan fingerprint density at radius 1 is 0.963 bits per heavy atom. The molecule has 0 aromatic heterocycles. The molecule has 0 bridgehead atoms. The molecule has 0 aliphatic heterocycles. The van der Waals surface area contributed by atoms with Crippen LogP contribution in [0.15, 0.2) is 29.2 Å². The Morgan fingerprint density at radius 2 is 1.48 bits per heavy atom. The number of carbonyl (C=O) groups is 1. The molecule has 1 amide bonds. The monoisotopic (exact) mass is 394 g/mol. The molecule has 146 valence electrons. The molecule has 2 rings (SSSR count). The summed E-state index contributed by atoms with van der Waals surface area (Å²) in [5.74, 6) is -1.45. The number of halogens is 1. The maximum absolute atomic E-state index is 13.5. The lowest BCUT2D eigenvalue weighted by Crippen LogP contribution is -2.44. The van der Waals surface area contributed by atoms with Gasteiger partial charge in [0.2, 0.25) is 0 Å². The number of hydrogen-bond acceptors (Lipinski definition) is 4. The van der Waals surface area contributed by atoms with Crippen LogP contribution in [-0.2, 0) is 14.8 Å². The molecule has 2 N–H and O–H groups in total. The lowest BCUT2D eigenvalue weighted by atomic mass is 9.95. The number of para-hydroxylation sites is 1. The normalized spacial score (nSPS) is 11.3. The van der Waals surface area contributed by atoms with E-state index >= 15 is 0 Å². The summed E-state index contributed by atoms with van der Waals surface area (Å²) in [7, 11) is -3.98. The zero-order chi connectivity index (χ0) is 20.4. The fourth-order valence-corrected chi connectivity index (χ4v) is 4.25. The van der Waals surface area contributed by atoms with Crippen molar-refractivity contribution in [2.45, 2.75) is 39.5 Å². The van der Waals surface area contributed by atoms with Crippen LogP contribution in [0.25, 0.3) is 0 Å². The number of rotatable bonds is 6. The quantitative estimate of drug-likeness (QED) is 0.738. The van der Waals surface area contributed by atoms with E-state index in [4.69, 9.17) is 4.74 Å². The van der Waals surface area contributed by atoms with E-state index in [9.17, 15) is 17.6 Å². The highest BCUT2D eigenvalue weighted by Crippen LogP contribution is 2.29. The largest absolute Gasteiger partial charge is 0.481 e. The molecule has 0 aliphatic carbocycles. The maximum Gasteiger partial charge on any atom is 0.272 e. The van der Waals surface area contributed by atoms with Gasteiger partial charge in [0, 0.05) is 0 Å². The van der Waals surface area contributed by atoms with Crippen molar-refractivity contribution in [3.63, 3.8) is 0 Å². The second kappa shape index (κ2) is 8.06. The Balaban J connectivity index is 2.11. The summed E-state index contributed by atoms with van der Waals surface area (Å²) in [5.41, 5.74) is 6.14. The molecule has 0 aliphatic rings. The number of carbonyl (C=O) groups excluding carboxylic acids is 1. The molecule has 0 heterocycles. The second-order valence-electron chi connectivity index (χ2n) is 6.33. The summed E-state index contributed by atoms with van der Waals surface area (Å²) in [5, 5.41) is 0. The van der Waals surface area contributed by atoms with Crippen molar-refractivity contribution in [3.8, 4) is 5.75 Å². The average molecular weight is 394 g/mol. The second-order valence-corrected chi connectivity index (χ2v) is 7.95. The van der Waals surface area contributed by atoms with Gasteiger partial charge in [-0.15, -0.1) is 4.83 Å². The van der Waals surface area contributed by atoms with Crippen molar-refractivity contribution in [1.82, 2.24) is 10.3 Å². The molecule has 0 saturated carbocycles. The first-order valence-corrected chi connectivity index (χ1v) is 9.79. The zero-order valence-electron chi connectivity index (χ0n) is 15.9. The highest BCUT2D eigenvalue weighted by atomic mass is 32.2. The van der Waals surface area contributed by atoms with Crippen molar-refractivity contribution in [2.24, 2.45) is 0 Å². The number of hydrogen-bond donors (Lipinski definition) is 2. The molecule has 6 nitrogen and oxygen atoms in total. The van der Waals surface area contributed by atoms with Crippen LogP contribution in [0.5, 0.6) is 5.75 Å². The van der Waals surface area contributed by atoms with E-state index in [1.807, 2.05) is 20.8 Å². The van der Waals surface area contributed by atoms with Gasteiger partial charge in [-0.25, -0.2) is 12.8 Å². The van der Waals surface area contributed by atoms with Crippen LogP contribution in [0.4, 0.5) is 4.39 Å². The van der Waals surface area contributed by atoms with E-state index in [2.05, 4.69) is 10.3 Å². The topological polar surface area (TPSA) is 84.5 Å². The Bertz CT molecular complexity index is 958. The third-order valence-electron chi connectivity index (χ3n) is 4.72. The molecule has 0 saturated heterocycles. The fraction of sp³-hybridized carbons (Fsp3) is 0.316. The van der Waals surface area contributed by atoms with E-state index < -0.39 is 28.4 Å². The van der Waals surface area contributed by atoms with E-state index in [1.54, 1.807) is 19.9 Å². The number of amides is 1. The molecular formula is C19H23FN2O4S. The van der Waals surface area contributed by atoms with Gasteiger partial charge in [-0.3, -0.25) is 10.2 Å². The van der Waals surface area contributed by atoms with Gasteiger partial charge in [0.1, 0.15) is 0 Å². The minimum Gasteiger partial charge on any atom is -0.481 e. The van der Waals surface area contributed by atoms with E-state index in [0.717, 1.165) is 16.7 Å². The highest BCUT2D eigenvalue weighted by molar-refractivity contribution is 7.89. The van der Waals surface area contributed by atoms with Gasteiger partial charge in [0.25, 0.3) is 15.9 Å². The zero-order valence-corrected chi connectivity index (χ0v) is 16.8. The average Bonchev–Trinajstić information content (AvgIpc) is 2.62. The third kappa shape index (κ3) is 4.45. The first-order valence-electron chi connectivity index (χ1n) is 8.31. The number of ether oxygens (including phenoxy) is 1. The van der Waals surface area contributed by atoms with Gasteiger partial charge in [-0.05, 0) is 74.6 Å². The van der Waals surface area contributed by atoms with Gasteiger partial charge in [0.05, 0.1) is 4.90 Å². The molecule has 2 aromatic rings. The third-order valence-corrected chi connectivity index (χ3v) is 6.24. The van der Waals surface area contributed by atoms with Crippen LogP contribution in [0.2, 0.25) is 0 Å². The minimum atomic E-state index is -3.98. The Kier molecular flexibility index (Phi) is 6.22. The van der Waals surface area contributed by atoms with E-state index in [-0.39, 0.29) is 10.6 Å². The predicted octanol–water partition coefficient (Wildman–Crippen LogP) is 2.76. The van der Waals surface area contributed by atoms with Crippen molar-refractivity contribution < 1.29 is 22.3 Å². The van der Waals surface area contributed by atoms with Crippen LogP contribution in [-0.4, -0.2) is 20.9 Å². The summed E-state index contributed by atoms with van der Waals surface area (Å²) in [6.45, 7) is 8.58. The molecule has 8 heteroatoms. The molecule has 0 atom stereocenters. The SMILES string of the molecule is Cc1c(C)c(C)c(S(=O)(=O)NNC(=O)COc2ccccc2F)c(C)c1C. The summed E-state index contributed by atoms with van der Waals surface area (Å²) in [6, 6.07) is 5.63. The number of nitrogens with one attached hydrogen (secondary N) is 2. The molecule has 27 heavy (non-hydrogen) atoms. The standard InChI is InChI=1S/C19H23FN2O4S/c1-11-12(2)14(4)19(15(5)13(11)3)27(24,25)22-21-18(23)10-26-17-9-7-6-8-16(17)20/h6-9,22H,10H2,1-5H3,(H,21,23). The Morgan fingerprint density at radius 3 is 2.04 bits per heavy atom. The predicted molar refractivity (Wildman–Crippen MR) is 100 cm³/mol. The van der Waals surface area contributed by atoms with Crippen LogP contribution in [0, 0.1) is 40.4 Å². The first-order chi connectivity index (χ1) is 12.6. The number of benzene rings is 2.